The van der Waals surface area contributed by atoms with Crippen molar-refractivity contribution in [1.29, 1.82) is 5.26 Å². The van der Waals surface area contributed by atoms with Gasteiger partial charge in [-0.25, -0.2) is 4.57 Å². The molecule has 1 N–H and O–H groups in total. The predicted octanol–water partition coefficient (Wildman–Crippen LogP) is 5.45. The zero-order valence-corrected chi connectivity index (χ0v) is 20.2. The molecule has 3 aromatic carbocycles. The average Bonchev–Trinajstić information content (AvgIpc) is 2.80. The molecule has 7 nitrogen and oxygen atoms in total. The molecule has 2 atom stereocenters. The van der Waals surface area contributed by atoms with Gasteiger partial charge in [-0.05, 0) is 65.4 Å². The zero-order chi connectivity index (χ0) is 23.0. The summed E-state index contributed by atoms with van der Waals surface area (Å²) in [5, 5.41) is 11.7. The Balaban J connectivity index is 1.76. The molecule has 0 aromatic heterocycles. The molecular weight excluding hydrogens is 542 g/mol. The lowest BCUT2D eigenvalue weighted by Crippen LogP contribution is -2.35. The van der Waals surface area contributed by atoms with E-state index in [1.807, 2.05) is 59.0 Å². The third-order valence-corrected chi connectivity index (χ3v) is 6.61. The second-order valence-corrected chi connectivity index (χ2v) is 9.47. The largest absolute Gasteiger partial charge is 0.513 e. The molecule has 3 aromatic rings. The van der Waals surface area contributed by atoms with E-state index in [1.54, 1.807) is 42.5 Å². The van der Waals surface area contributed by atoms with Gasteiger partial charge < -0.3 is 13.8 Å². The fourth-order valence-electron chi connectivity index (χ4n) is 2.61. The van der Waals surface area contributed by atoms with Crippen LogP contribution in [0.5, 0.6) is 11.5 Å². The molecule has 0 amide bonds. The number of nitriles is 1. The van der Waals surface area contributed by atoms with Crippen LogP contribution in [0.25, 0.3) is 0 Å². The van der Waals surface area contributed by atoms with Gasteiger partial charge in [0, 0.05) is 0 Å². The Morgan fingerprint density at radius 3 is 2.34 bits per heavy atom. The normalized spacial score (nSPS) is 13.3. The monoisotopic (exact) mass is 562 g/mol. The number of benzene rings is 3. The SMILES string of the molecule is C[C@H](NP(=O)(Oc1ccccc1)Oc1ccc(C#N)cc1I)C(=O)OCc1ccccc1. The molecule has 3 rings (SSSR count). The summed E-state index contributed by atoms with van der Waals surface area (Å²) in [5.41, 5.74) is 1.27. The topological polar surface area (TPSA) is 97.6 Å². The quantitative estimate of drug-likeness (QED) is 0.211. The Labute approximate surface area is 200 Å². The van der Waals surface area contributed by atoms with Crippen molar-refractivity contribution in [3.8, 4) is 17.6 Å². The minimum Gasteiger partial charge on any atom is -0.460 e. The van der Waals surface area contributed by atoms with E-state index < -0.39 is 19.8 Å². The molecule has 0 saturated heterocycles. The van der Waals surface area contributed by atoms with Crippen molar-refractivity contribution in [2.24, 2.45) is 0 Å². The molecule has 9 heteroatoms. The van der Waals surface area contributed by atoms with Crippen LogP contribution in [0.3, 0.4) is 0 Å². The van der Waals surface area contributed by atoms with E-state index in [4.69, 9.17) is 19.0 Å². The highest BCUT2D eigenvalue weighted by atomic mass is 127. The zero-order valence-electron chi connectivity index (χ0n) is 17.1. The number of ether oxygens (including phenoxy) is 1. The van der Waals surface area contributed by atoms with E-state index in [-0.39, 0.29) is 12.4 Å². The highest BCUT2D eigenvalue weighted by Crippen LogP contribution is 2.46. The summed E-state index contributed by atoms with van der Waals surface area (Å²) in [6.45, 7) is 1.60. The maximum Gasteiger partial charge on any atom is 0.513 e. The molecule has 32 heavy (non-hydrogen) atoms. The molecule has 0 saturated carbocycles. The summed E-state index contributed by atoms with van der Waals surface area (Å²) in [6.07, 6.45) is 0. The Kier molecular flexibility index (Phi) is 8.28. The molecule has 0 heterocycles. The van der Waals surface area contributed by atoms with Crippen molar-refractivity contribution in [1.82, 2.24) is 5.09 Å². The average molecular weight is 562 g/mol. The summed E-state index contributed by atoms with van der Waals surface area (Å²) < 4.78 is 30.9. The minimum absolute atomic E-state index is 0.0872. The van der Waals surface area contributed by atoms with Gasteiger partial charge in [0.05, 0.1) is 15.2 Å². The molecule has 0 aliphatic rings. The summed E-state index contributed by atoms with van der Waals surface area (Å²) >= 11 is 1.98. The molecule has 0 aliphatic heterocycles. The number of hydrogen-bond donors (Lipinski definition) is 1. The van der Waals surface area contributed by atoms with Crippen molar-refractivity contribution >= 4 is 36.3 Å². The van der Waals surface area contributed by atoms with Crippen LogP contribution in [-0.2, 0) is 20.7 Å². The van der Waals surface area contributed by atoms with Gasteiger partial charge in [0.2, 0.25) is 0 Å². The van der Waals surface area contributed by atoms with Crippen molar-refractivity contribution in [2.45, 2.75) is 19.6 Å². The standard InChI is InChI=1S/C23H20IN2O5P/c1-17(23(27)29-16-18-8-4-2-5-9-18)26-32(28,30-20-10-6-3-7-11-20)31-22-13-12-19(15-25)14-21(22)24/h2-14,17H,16H2,1H3,(H,26,28)/t17-,32?/m0/s1. The fourth-order valence-corrected chi connectivity index (χ4v) is 4.95. The number of hydrogen-bond acceptors (Lipinski definition) is 6. The molecule has 164 valence electrons. The molecule has 1 unspecified atom stereocenters. The van der Waals surface area contributed by atoms with Crippen molar-refractivity contribution in [2.75, 3.05) is 0 Å². The molecule has 0 spiro atoms. The number of nitrogens with one attached hydrogen (secondary N) is 1. The molecule has 0 radical (unpaired) electrons. The molecular formula is C23H20IN2O5P. The molecule has 0 fully saturated rings. The van der Waals surface area contributed by atoms with Gasteiger partial charge in [-0.3, -0.25) is 4.79 Å². The first kappa shape index (κ1) is 23.8. The first-order valence-corrected chi connectivity index (χ1v) is 12.2. The van der Waals surface area contributed by atoms with Crippen LogP contribution in [0.2, 0.25) is 0 Å². The highest BCUT2D eigenvalue weighted by Gasteiger charge is 2.34. The van der Waals surface area contributed by atoms with Crippen LogP contribution in [0.1, 0.15) is 18.1 Å². The summed E-state index contributed by atoms with van der Waals surface area (Å²) in [4.78, 5) is 12.5. The second-order valence-electron chi connectivity index (χ2n) is 6.69. The predicted molar refractivity (Wildman–Crippen MR) is 128 cm³/mol. The first-order chi connectivity index (χ1) is 15.4. The number of para-hydroxylation sites is 1. The van der Waals surface area contributed by atoms with Crippen molar-refractivity contribution in [3.63, 3.8) is 0 Å². The van der Waals surface area contributed by atoms with Gasteiger partial charge in [0.15, 0.2) is 0 Å². The second kappa shape index (κ2) is 11.1. The van der Waals surface area contributed by atoms with Gasteiger partial charge in [-0.1, -0.05) is 48.5 Å². The number of carbonyl (C=O) groups excluding carboxylic acids is 1. The Bertz CT molecular complexity index is 1150. The van der Waals surface area contributed by atoms with Crippen LogP contribution < -0.4 is 14.1 Å². The summed E-state index contributed by atoms with van der Waals surface area (Å²) in [5.74, 6) is -0.0538. The number of esters is 1. The third kappa shape index (κ3) is 6.82. The van der Waals surface area contributed by atoms with Gasteiger partial charge in [0.1, 0.15) is 24.1 Å². The molecule has 0 aliphatic carbocycles. The van der Waals surface area contributed by atoms with Crippen LogP contribution in [-0.4, -0.2) is 12.0 Å². The van der Waals surface area contributed by atoms with E-state index in [0.717, 1.165) is 5.56 Å². The van der Waals surface area contributed by atoms with Crippen LogP contribution in [0.4, 0.5) is 0 Å². The lowest BCUT2D eigenvalue weighted by Gasteiger charge is -2.23. The maximum absolute atomic E-state index is 13.6. The maximum atomic E-state index is 13.6. The third-order valence-electron chi connectivity index (χ3n) is 4.18. The van der Waals surface area contributed by atoms with Gasteiger partial charge in [0.25, 0.3) is 0 Å². The lowest BCUT2D eigenvalue weighted by atomic mass is 10.2. The van der Waals surface area contributed by atoms with E-state index in [0.29, 0.717) is 14.9 Å². The first-order valence-electron chi connectivity index (χ1n) is 9.61. The summed E-state index contributed by atoms with van der Waals surface area (Å²) in [6, 6.07) is 23.5. The smallest absolute Gasteiger partial charge is 0.460 e. The van der Waals surface area contributed by atoms with E-state index in [1.165, 1.54) is 13.0 Å². The van der Waals surface area contributed by atoms with Crippen molar-refractivity contribution in [3.05, 3.63) is 93.6 Å². The number of carbonyl (C=O) groups is 1. The lowest BCUT2D eigenvalue weighted by molar-refractivity contribution is -0.146. The Hall–Kier alpha value is -2.86. The fraction of sp³-hybridized carbons (Fsp3) is 0.130. The van der Waals surface area contributed by atoms with Gasteiger partial charge in [-0.15, -0.1) is 0 Å². The highest BCUT2D eigenvalue weighted by molar-refractivity contribution is 14.1. The Morgan fingerprint density at radius 1 is 1.06 bits per heavy atom. The van der Waals surface area contributed by atoms with Gasteiger partial charge in [-0.2, -0.15) is 10.3 Å². The number of halogens is 1. The van der Waals surface area contributed by atoms with Crippen molar-refractivity contribution < 1.29 is 23.1 Å². The minimum atomic E-state index is -4.06. The summed E-state index contributed by atoms with van der Waals surface area (Å²) in [7, 11) is -4.06. The molecule has 0 bridgehead atoms. The Morgan fingerprint density at radius 2 is 1.72 bits per heavy atom. The van der Waals surface area contributed by atoms with E-state index in [2.05, 4.69) is 5.09 Å². The number of nitrogens with zero attached hydrogens (tertiary/aromatic N) is 1. The van der Waals surface area contributed by atoms with Crippen LogP contribution in [0.15, 0.2) is 78.9 Å². The van der Waals surface area contributed by atoms with E-state index in [9.17, 15) is 9.36 Å². The van der Waals surface area contributed by atoms with E-state index >= 15 is 0 Å². The van der Waals surface area contributed by atoms with Crippen LogP contribution >= 0.6 is 30.3 Å². The van der Waals surface area contributed by atoms with Gasteiger partial charge >= 0.3 is 13.7 Å². The van der Waals surface area contributed by atoms with Crippen LogP contribution in [0, 0.1) is 14.9 Å². The number of rotatable bonds is 9.